The summed E-state index contributed by atoms with van der Waals surface area (Å²) in [7, 11) is 0. The van der Waals surface area contributed by atoms with Gasteiger partial charge in [-0.2, -0.15) is 0 Å². The normalized spacial score (nSPS) is 17.9. The predicted molar refractivity (Wildman–Crippen MR) is 79.0 cm³/mol. The third-order valence-corrected chi connectivity index (χ3v) is 3.75. The van der Waals surface area contributed by atoms with Crippen molar-refractivity contribution in [3.05, 3.63) is 39.8 Å². The minimum Gasteiger partial charge on any atom is -0.268 e. The molecule has 0 saturated carbocycles. The van der Waals surface area contributed by atoms with Gasteiger partial charge in [-0.05, 0) is 41.5 Å². The number of carbonyl (C=O) groups excluding carboxylic acids is 2. The van der Waals surface area contributed by atoms with Crippen LogP contribution in [0, 0.1) is 5.92 Å². The van der Waals surface area contributed by atoms with Crippen LogP contribution in [0.4, 0.5) is 4.79 Å². The fourth-order valence-electron chi connectivity index (χ4n) is 1.73. The van der Waals surface area contributed by atoms with Gasteiger partial charge >= 0.3 is 0 Å². The van der Waals surface area contributed by atoms with Crippen molar-refractivity contribution in [2.24, 2.45) is 5.92 Å². The summed E-state index contributed by atoms with van der Waals surface area (Å²) in [4.78, 5) is 25.7. The van der Waals surface area contributed by atoms with E-state index >= 15 is 0 Å². The molecule has 0 N–H and O–H groups in total. The van der Waals surface area contributed by atoms with E-state index in [0.29, 0.717) is 16.5 Å². The number of hydrogen-bond acceptors (Lipinski definition) is 3. The van der Waals surface area contributed by atoms with Crippen LogP contribution in [0.3, 0.4) is 0 Å². The molecule has 0 spiro atoms. The molecule has 0 bridgehead atoms. The molecule has 1 fully saturated rings. The highest BCUT2D eigenvalue weighted by molar-refractivity contribution is 8.18. The smallest absolute Gasteiger partial charge is 0.268 e. The van der Waals surface area contributed by atoms with Crippen molar-refractivity contribution < 1.29 is 9.59 Å². The second-order valence-electron chi connectivity index (χ2n) is 4.74. The summed E-state index contributed by atoms with van der Waals surface area (Å²) >= 11 is 6.79. The first kappa shape index (κ1) is 14.2. The lowest BCUT2D eigenvalue weighted by molar-refractivity contribution is -0.123. The standard InChI is InChI=1S/C14H14ClNO2S/c1-9(2)8-16-13(17)12(19-14(16)18)7-10-3-5-11(15)6-4-10/h3-7,9H,8H2,1-2H3/b12-7-. The summed E-state index contributed by atoms with van der Waals surface area (Å²) in [6, 6.07) is 7.15. The lowest BCUT2D eigenvalue weighted by atomic mass is 10.2. The van der Waals surface area contributed by atoms with Crippen LogP contribution in [-0.4, -0.2) is 22.6 Å². The molecule has 1 aliphatic rings. The molecule has 100 valence electrons. The summed E-state index contributed by atoms with van der Waals surface area (Å²) in [5, 5.41) is 0.448. The summed E-state index contributed by atoms with van der Waals surface area (Å²) < 4.78 is 0. The van der Waals surface area contributed by atoms with Crippen LogP contribution in [0.1, 0.15) is 19.4 Å². The van der Waals surface area contributed by atoms with E-state index in [-0.39, 0.29) is 17.1 Å². The first-order chi connectivity index (χ1) is 8.97. The highest BCUT2D eigenvalue weighted by atomic mass is 35.5. The Morgan fingerprint density at radius 2 is 1.89 bits per heavy atom. The van der Waals surface area contributed by atoms with Crippen LogP contribution >= 0.6 is 23.4 Å². The molecule has 19 heavy (non-hydrogen) atoms. The van der Waals surface area contributed by atoms with Crippen molar-refractivity contribution in [2.45, 2.75) is 13.8 Å². The van der Waals surface area contributed by atoms with Crippen molar-refractivity contribution in [3.63, 3.8) is 0 Å². The van der Waals surface area contributed by atoms with Gasteiger partial charge in [-0.1, -0.05) is 37.6 Å². The number of hydrogen-bond donors (Lipinski definition) is 0. The van der Waals surface area contributed by atoms with E-state index < -0.39 is 0 Å². The Morgan fingerprint density at radius 3 is 2.47 bits per heavy atom. The molecule has 1 saturated heterocycles. The summed E-state index contributed by atoms with van der Waals surface area (Å²) in [6.45, 7) is 4.42. The molecule has 2 amide bonds. The Bertz CT molecular complexity index is 537. The molecule has 1 aromatic rings. The zero-order valence-electron chi connectivity index (χ0n) is 10.7. The Labute approximate surface area is 121 Å². The van der Waals surface area contributed by atoms with E-state index in [2.05, 4.69) is 0 Å². The minimum atomic E-state index is -0.210. The van der Waals surface area contributed by atoms with Crippen LogP contribution in [0.15, 0.2) is 29.2 Å². The first-order valence-corrected chi connectivity index (χ1v) is 7.18. The van der Waals surface area contributed by atoms with Crippen molar-refractivity contribution in [1.82, 2.24) is 4.90 Å². The monoisotopic (exact) mass is 295 g/mol. The Hall–Kier alpha value is -1.26. The summed E-state index contributed by atoms with van der Waals surface area (Å²) in [5.74, 6) is 0.0574. The molecule has 0 aliphatic carbocycles. The zero-order valence-corrected chi connectivity index (χ0v) is 12.3. The van der Waals surface area contributed by atoms with E-state index in [1.165, 1.54) is 4.90 Å². The Morgan fingerprint density at radius 1 is 1.26 bits per heavy atom. The average molecular weight is 296 g/mol. The summed E-state index contributed by atoms with van der Waals surface area (Å²) in [5.41, 5.74) is 0.861. The molecule has 2 rings (SSSR count). The van der Waals surface area contributed by atoms with Gasteiger partial charge in [-0.25, -0.2) is 0 Å². The third-order valence-electron chi connectivity index (χ3n) is 2.59. The van der Waals surface area contributed by atoms with Crippen molar-refractivity contribution in [2.75, 3.05) is 6.54 Å². The number of imide groups is 1. The molecular weight excluding hydrogens is 282 g/mol. The molecule has 0 radical (unpaired) electrons. The second kappa shape index (κ2) is 5.80. The van der Waals surface area contributed by atoms with E-state index in [1.54, 1.807) is 18.2 Å². The maximum absolute atomic E-state index is 12.1. The van der Waals surface area contributed by atoms with Crippen LogP contribution in [0.5, 0.6) is 0 Å². The fourth-order valence-corrected chi connectivity index (χ4v) is 2.71. The average Bonchev–Trinajstić information content (AvgIpc) is 2.60. The maximum atomic E-state index is 12.1. The van der Waals surface area contributed by atoms with Crippen molar-refractivity contribution in [1.29, 1.82) is 0 Å². The molecule has 0 aromatic heterocycles. The maximum Gasteiger partial charge on any atom is 0.293 e. The van der Waals surface area contributed by atoms with Gasteiger partial charge in [0.05, 0.1) is 4.91 Å². The first-order valence-electron chi connectivity index (χ1n) is 5.98. The van der Waals surface area contributed by atoms with Gasteiger partial charge in [-0.3, -0.25) is 14.5 Å². The molecule has 0 unspecified atom stereocenters. The SMILES string of the molecule is CC(C)CN1C(=O)S/C(=C\c2ccc(Cl)cc2)C1=O. The third kappa shape index (κ3) is 3.39. The van der Waals surface area contributed by atoms with Gasteiger partial charge in [0.1, 0.15) is 0 Å². The molecule has 0 atom stereocenters. The lowest BCUT2D eigenvalue weighted by Crippen LogP contribution is -2.31. The molecule has 1 aromatic carbocycles. The van der Waals surface area contributed by atoms with E-state index in [4.69, 9.17) is 11.6 Å². The Balaban J connectivity index is 2.20. The Kier molecular flexibility index (Phi) is 4.32. The van der Waals surface area contributed by atoms with Crippen LogP contribution in [0.2, 0.25) is 5.02 Å². The molecular formula is C14H14ClNO2S. The molecule has 5 heteroatoms. The molecule has 1 aliphatic heterocycles. The van der Waals surface area contributed by atoms with Crippen LogP contribution in [-0.2, 0) is 4.79 Å². The number of halogens is 1. The number of thioether (sulfide) groups is 1. The lowest BCUT2D eigenvalue weighted by Gasteiger charge is -2.14. The van der Waals surface area contributed by atoms with Crippen LogP contribution < -0.4 is 0 Å². The van der Waals surface area contributed by atoms with Crippen LogP contribution in [0.25, 0.3) is 6.08 Å². The van der Waals surface area contributed by atoms with Gasteiger partial charge in [0.2, 0.25) is 0 Å². The van der Waals surface area contributed by atoms with Crippen molar-refractivity contribution in [3.8, 4) is 0 Å². The number of amides is 2. The quantitative estimate of drug-likeness (QED) is 0.790. The van der Waals surface area contributed by atoms with Gasteiger partial charge in [-0.15, -0.1) is 0 Å². The summed E-state index contributed by atoms with van der Waals surface area (Å²) in [6.07, 6.45) is 1.72. The van der Waals surface area contributed by atoms with Crippen molar-refractivity contribution >= 4 is 40.6 Å². The minimum absolute atomic E-state index is 0.195. The molecule has 3 nitrogen and oxygen atoms in total. The van der Waals surface area contributed by atoms with E-state index in [1.807, 2.05) is 26.0 Å². The molecule has 1 heterocycles. The number of nitrogens with zero attached hydrogens (tertiary/aromatic N) is 1. The van der Waals surface area contributed by atoms with Gasteiger partial charge in [0.15, 0.2) is 0 Å². The van der Waals surface area contributed by atoms with E-state index in [0.717, 1.165) is 17.3 Å². The highest BCUT2D eigenvalue weighted by Gasteiger charge is 2.35. The number of rotatable bonds is 3. The predicted octanol–water partition coefficient (Wildman–Crippen LogP) is 4.03. The van der Waals surface area contributed by atoms with Gasteiger partial charge in [0.25, 0.3) is 11.1 Å². The highest BCUT2D eigenvalue weighted by Crippen LogP contribution is 2.32. The topological polar surface area (TPSA) is 37.4 Å². The fraction of sp³-hybridized carbons (Fsp3) is 0.286. The number of carbonyl (C=O) groups is 2. The van der Waals surface area contributed by atoms with Gasteiger partial charge in [0, 0.05) is 11.6 Å². The van der Waals surface area contributed by atoms with E-state index in [9.17, 15) is 9.59 Å². The largest absolute Gasteiger partial charge is 0.293 e. The zero-order chi connectivity index (χ0) is 14.0. The number of benzene rings is 1. The second-order valence-corrected chi connectivity index (χ2v) is 6.17. The van der Waals surface area contributed by atoms with Gasteiger partial charge < -0.3 is 0 Å².